The fourth-order valence-electron chi connectivity index (χ4n) is 3.08. The first-order valence-electron chi connectivity index (χ1n) is 7.23. The van der Waals surface area contributed by atoms with Crippen molar-refractivity contribution in [1.82, 2.24) is 9.78 Å². The average molecular weight is 306 g/mol. The standard InChI is InChI=1S/C16H20ClN3O/c1-10-16(17)14(20(2)19-10)9-13(18)11-7-8-21-15-6-4-3-5-12(11)15/h3-6,11,13H,7-9,18H2,1-2H3. The summed E-state index contributed by atoms with van der Waals surface area (Å²) in [7, 11) is 1.92. The molecule has 2 N–H and O–H groups in total. The topological polar surface area (TPSA) is 53.1 Å². The van der Waals surface area contributed by atoms with Crippen LogP contribution in [0.4, 0.5) is 0 Å². The van der Waals surface area contributed by atoms with Crippen LogP contribution in [0.15, 0.2) is 24.3 Å². The van der Waals surface area contributed by atoms with Crippen LogP contribution in [-0.4, -0.2) is 22.4 Å². The predicted octanol–water partition coefficient (Wildman–Crippen LogP) is 2.82. The summed E-state index contributed by atoms with van der Waals surface area (Å²) in [6.07, 6.45) is 1.65. The smallest absolute Gasteiger partial charge is 0.122 e. The molecule has 21 heavy (non-hydrogen) atoms. The molecule has 1 aromatic heterocycles. The molecule has 0 saturated heterocycles. The highest BCUT2D eigenvalue weighted by molar-refractivity contribution is 6.31. The van der Waals surface area contributed by atoms with E-state index in [1.165, 1.54) is 5.56 Å². The minimum atomic E-state index is 0.00218. The third kappa shape index (κ3) is 2.65. The van der Waals surface area contributed by atoms with Crippen molar-refractivity contribution in [3.05, 3.63) is 46.2 Å². The van der Waals surface area contributed by atoms with Crippen molar-refractivity contribution in [2.45, 2.75) is 31.7 Å². The number of benzene rings is 1. The molecule has 4 nitrogen and oxygen atoms in total. The minimum Gasteiger partial charge on any atom is -0.493 e. The first-order chi connectivity index (χ1) is 10.1. The summed E-state index contributed by atoms with van der Waals surface area (Å²) in [5.41, 5.74) is 9.55. The Balaban J connectivity index is 1.85. The van der Waals surface area contributed by atoms with Crippen LogP contribution in [0.1, 0.15) is 29.3 Å². The Kier molecular flexibility index (Phi) is 3.91. The zero-order chi connectivity index (χ0) is 15.0. The van der Waals surface area contributed by atoms with Gasteiger partial charge >= 0.3 is 0 Å². The lowest BCUT2D eigenvalue weighted by Gasteiger charge is -2.30. The van der Waals surface area contributed by atoms with Crippen LogP contribution in [0.25, 0.3) is 0 Å². The molecule has 3 rings (SSSR count). The third-order valence-corrected chi connectivity index (χ3v) is 4.70. The fourth-order valence-corrected chi connectivity index (χ4v) is 3.32. The number of hydrogen-bond donors (Lipinski definition) is 1. The maximum absolute atomic E-state index is 6.49. The SMILES string of the molecule is Cc1nn(C)c(CC(N)C2CCOc3ccccc32)c1Cl. The summed E-state index contributed by atoms with van der Waals surface area (Å²) in [5.74, 6) is 1.25. The van der Waals surface area contributed by atoms with Crippen LogP contribution in [0.5, 0.6) is 5.75 Å². The van der Waals surface area contributed by atoms with E-state index in [4.69, 9.17) is 22.1 Å². The quantitative estimate of drug-likeness (QED) is 0.948. The number of fused-ring (bicyclic) bond motifs is 1. The van der Waals surface area contributed by atoms with Crippen molar-refractivity contribution in [2.75, 3.05) is 6.61 Å². The number of ether oxygens (including phenoxy) is 1. The molecule has 2 atom stereocenters. The van der Waals surface area contributed by atoms with Crippen LogP contribution in [-0.2, 0) is 13.5 Å². The molecule has 0 radical (unpaired) electrons. The maximum Gasteiger partial charge on any atom is 0.122 e. The number of para-hydroxylation sites is 1. The van der Waals surface area contributed by atoms with Crippen LogP contribution >= 0.6 is 11.6 Å². The average Bonchev–Trinajstić information content (AvgIpc) is 2.73. The molecular weight excluding hydrogens is 286 g/mol. The van der Waals surface area contributed by atoms with Gasteiger partial charge in [-0.1, -0.05) is 29.8 Å². The third-order valence-electron chi connectivity index (χ3n) is 4.21. The van der Waals surface area contributed by atoms with E-state index in [9.17, 15) is 0 Å². The Hall–Kier alpha value is -1.52. The molecule has 1 aliphatic heterocycles. The van der Waals surface area contributed by atoms with E-state index >= 15 is 0 Å². The molecule has 5 heteroatoms. The number of aryl methyl sites for hydroxylation is 2. The predicted molar refractivity (Wildman–Crippen MR) is 83.9 cm³/mol. The monoisotopic (exact) mass is 305 g/mol. The second-order valence-corrected chi connectivity index (χ2v) is 6.00. The van der Waals surface area contributed by atoms with E-state index in [1.54, 1.807) is 0 Å². The lowest BCUT2D eigenvalue weighted by atomic mass is 9.85. The van der Waals surface area contributed by atoms with Gasteiger partial charge in [-0.2, -0.15) is 5.10 Å². The maximum atomic E-state index is 6.49. The fraction of sp³-hybridized carbons (Fsp3) is 0.438. The van der Waals surface area contributed by atoms with Gasteiger partial charge in [-0.25, -0.2) is 0 Å². The summed E-state index contributed by atoms with van der Waals surface area (Å²) >= 11 is 6.33. The van der Waals surface area contributed by atoms with Gasteiger partial charge in [-0.05, 0) is 25.0 Å². The zero-order valence-electron chi connectivity index (χ0n) is 12.3. The van der Waals surface area contributed by atoms with Crippen molar-refractivity contribution in [1.29, 1.82) is 0 Å². The van der Waals surface area contributed by atoms with Gasteiger partial charge in [0.15, 0.2) is 0 Å². The molecular formula is C16H20ClN3O. The number of halogens is 1. The highest BCUT2D eigenvalue weighted by atomic mass is 35.5. The molecule has 0 bridgehead atoms. The lowest BCUT2D eigenvalue weighted by molar-refractivity contribution is 0.254. The molecule has 2 aromatic rings. The Morgan fingerprint density at radius 1 is 1.48 bits per heavy atom. The van der Waals surface area contributed by atoms with Crippen LogP contribution in [0.3, 0.4) is 0 Å². The van der Waals surface area contributed by atoms with Crippen LogP contribution in [0.2, 0.25) is 5.02 Å². The van der Waals surface area contributed by atoms with Crippen LogP contribution in [0, 0.1) is 6.92 Å². The molecule has 1 aromatic carbocycles. The van der Waals surface area contributed by atoms with Gasteiger partial charge in [-0.3, -0.25) is 4.68 Å². The molecule has 112 valence electrons. The van der Waals surface area contributed by atoms with Crippen molar-refractivity contribution < 1.29 is 4.74 Å². The van der Waals surface area contributed by atoms with Gasteiger partial charge in [0, 0.05) is 25.4 Å². The Bertz CT molecular complexity index is 653. The normalized spacial score (nSPS) is 19.0. The minimum absolute atomic E-state index is 0.00218. The number of aromatic nitrogens is 2. The molecule has 0 saturated carbocycles. The Morgan fingerprint density at radius 3 is 2.95 bits per heavy atom. The zero-order valence-corrected chi connectivity index (χ0v) is 13.1. The molecule has 2 heterocycles. The van der Waals surface area contributed by atoms with Crippen LogP contribution < -0.4 is 10.5 Å². The highest BCUT2D eigenvalue weighted by Crippen LogP contribution is 2.36. The molecule has 0 aliphatic carbocycles. The van der Waals surface area contributed by atoms with Gasteiger partial charge in [0.25, 0.3) is 0 Å². The summed E-state index contributed by atoms with van der Waals surface area (Å²) < 4.78 is 7.54. The Labute approximate surface area is 129 Å². The van der Waals surface area contributed by atoms with E-state index in [2.05, 4.69) is 11.2 Å². The van der Waals surface area contributed by atoms with E-state index in [0.717, 1.165) is 35.0 Å². The second kappa shape index (κ2) is 5.70. The first kappa shape index (κ1) is 14.4. The van der Waals surface area contributed by atoms with Gasteiger partial charge in [-0.15, -0.1) is 0 Å². The van der Waals surface area contributed by atoms with Gasteiger partial charge < -0.3 is 10.5 Å². The number of hydrogen-bond acceptors (Lipinski definition) is 3. The van der Waals surface area contributed by atoms with E-state index in [1.807, 2.05) is 36.9 Å². The van der Waals surface area contributed by atoms with E-state index in [-0.39, 0.29) is 6.04 Å². The number of nitrogens with two attached hydrogens (primary N) is 1. The van der Waals surface area contributed by atoms with Crippen molar-refractivity contribution in [3.8, 4) is 5.75 Å². The lowest BCUT2D eigenvalue weighted by Crippen LogP contribution is -2.34. The molecule has 0 spiro atoms. The van der Waals surface area contributed by atoms with Crippen molar-refractivity contribution in [2.24, 2.45) is 12.8 Å². The highest BCUT2D eigenvalue weighted by Gasteiger charge is 2.28. The number of nitrogens with zero attached hydrogens (tertiary/aromatic N) is 2. The molecule has 2 unspecified atom stereocenters. The summed E-state index contributed by atoms with van der Waals surface area (Å²) in [5, 5.41) is 5.09. The molecule has 1 aliphatic rings. The Morgan fingerprint density at radius 2 is 2.24 bits per heavy atom. The summed E-state index contributed by atoms with van der Waals surface area (Å²) in [6, 6.07) is 8.15. The van der Waals surface area contributed by atoms with E-state index < -0.39 is 0 Å². The van der Waals surface area contributed by atoms with E-state index in [0.29, 0.717) is 12.5 Å². The van der Waals surface area contributed by atoms with Gasteiger partial charge in [0.05, 0.1) is 23.0 Å². The van der Waals surface area contributed by atoms with Gasteiger partial charge in [0.1, 0.15) is 5.75 Å². The molecule has 0 amide bonds. The molecule has 0 fully saturated rings. The summed E-state index contributed by atoms with van der Waals surface area (Å²) in [6.45, 7) is 2.63. The summed E-state index contributed by atoms with van der Waals surface area (Å²) in [4.78, 5) is 0. The van der Waals surface area contributed by atoms with Crippen molar-refractivity contribution in [3.63, 3.8) is 0 Å². The number of rotatable bonds is 3. The van der Waals surface area contributed by atoms with Gasteiger partial charge in [0.2, 0.25) is 0 Å². The first-order valence-corrected chi connectivity index (χ1v) is 7.61. The van der Waals surface area contributed by atoms with Crippen molar-refractivity contribution >= 4 is 11.6 Å². The largest absolute Gasteiger partial charge is 0.493 e. The second-order valence-electron chi connectivity index (χ2n) is 5.62.